The number of carbonyl (C=O) groups is 1. The normalized spacial score (nSPS) is 20.4. The molecular formula is C13H26N2O2. The number of carbonyl (C=O) groups excluding carboxylic acids is 1. The van der Waals surface area contributed by atoms with Gasteiger partial charge in [-0.15, -0.1) is 0 Å². The number of nitrogens with zero attached hydrogens (tertiary/aromatic N) is 2. The summed E-state index contributed by atoms with van der Waals surface area (Å²) in [7, 11) is 1.59. The zero-order chi connectivity index (χ0) is 13.1. The number of hydrogen-bond acceptors (Lipinski definition) is 3. The average molecular weight is 242 g/mol. The van der Waals surface area contributed by atoms with E-state index < -0.39 is 5.60 Å². The maximum absolute atomic E-state index is 12.2. The summed E-state index contributed by atoms with van der Waals surface area (Å²) in [4.78, 5) is 16.5. The van der Waals surface area contributed by atoms with Crippen molar-refractivity contribution < 1.29 is 9.53 Å². The van der Waals surface area contributed by atoms with Gasteiger partial charge in [0.1, 0.15) is 5.60 Å². The average Bonchev–Trinajstić information content (AvgIpc) is 2.37. The fraction of sp³-hybridized carbons (Fsp3) is 0.923. The van der Waals surface area contributed by atoms with Crippen LogP contribution >= 0.6 is 0 Å². The molecule has 0 N–H and O–H groups in total. The Labute approximate surface area is 105 Å². The third-order valence-electron chi connectivity index (χ3n) is 3.84. The molecule has 0 bridgehead atoms. The van der Waals surface area contributed by atoms with Crippen LogP contribution in [-0.2, 0) is 9.53 Å². The molecule has 1 saturated heterocycles. The van der Waals surface area contributed by atoms with Gasteiger partial charge in [-0.1, -0.05) is 6.92 Å². The molecule has 1 amide bonds. The van der Waals surface area contributed by atoms with Gasteiger partial charge >= 0.3 is 0 Å². The minimum absolute atomic E-state index is 0.101. The molecule has 0 radical (unpaired) electrons. The van der Waals surface area contributed by atoms with E-state index in [0.717, 1.165) is 32.6 Å². The topological polar surface area (TPSA) is 32.8 Å². The predicted octanol–water partition coefficient (Wildman–Crippen LogP) is 1.35. The maximum atomic E-state index is 12.2. The molecule has 1 heterocycles. The van der Waals surface area contributed by atoms with Gasteiger partial charge in [0.05, 0.1) is 0 Å². The number of ether oxygens (including phenoxy) is 1. The molecule has 0 aromatic carbocycles. The highest BCUT2D eigenvalue weighted by molar-refractivity contribution is 5.84. The summed E-state index contributed by atoms with van der Waals surface area (Å²) in [6.45, 7) is 11.7. The van der Waals surface area contributed by atoms with Gasteiger partial charge in [-0.05, 0) is 27.2 Å². The molecular weight excluding hydrogens is 216 g/mol. The largest absolute Gasteiger partial charge is 0.369 e. The molecule has 0 aliphatic carbocycles. The smallest absolute Gasteiger partial charge is 0.254 e. The second-order valence-corrected chi connectivity index (χ2v) is 5.30. The molecule has 1 aliphatic heterocycles. The second-order valence-electron chi connectivity index (χ2n) is 5.30. The Kier molecular flexibility index (Phi) is 4.95. The Morgan fingerprint density at radius 2 is 1.82 bits per heavy atom. The molecule has 17 heavy (non-hydrogen) atoms. The van der Waals surface area contributed by atoms with E-state index in [1.54, 1.807) is 7.11 Å². The zero-order valence-electron chi connectivity index (χ0n) is 11.8. The van der Waals surface area contributed by atoms with Gasteiger partial charge in [0, 0.05) is 39.3 Å². The summed E-state index contributed by atoms with van der Waals surface area (Å²) in [5.74, 6) is 0.101. The summed E-state index contributed by atoms with van der Waals surface area (Å²) in [5, 5.41) is 0. The van der Waals surface area contributed by atoms with Crippen LogP contribution in [0.2, 0.25) is 0 Å². The van der Waals surface area contributed by atoms with Gasteiger partial charge in [0.2, 0.25) is 0 Å². The van der Waals surface area contributed by atoms with Crippen LogP contribution in [0.25, 0.3) is 0 Å². The van der Waals surface area contributed by atoms with Crippen molar-refractivity contribution in [3.05, 3.63) is 0 Å². The van der Waals surface area contributed by atoms with Gasteiger partial charge in [0.25, 0.3) is 5.91 Å². The lowest BCUT2D eigenvalue weighted by Gasteiger charge is -2.40. The summed E-state index contributed by atoms with van der Waals surface area (Å²) in [5.41, 5.74) is -0.696. The molecule has 1 aliphatic rings. The van der Waals surface area contributed by atoms with Crippen LogP contribution in [0.15, 0.2) is 0 Å². The van der Waals surface area contributed by atoms with Gasteiger partial charge in [0.15, 0.2) is 0 Å². The first-order valence-electron chi connectivity index (χ1n) is 6.51. The van der Waals surface area contributed by atoms with E-state index >= 15 is 0 Å². The molecule has 0 spiro atoms. The molecule has 0 aromatic heterocycles. The molecule has 1 rings (SSSR count). The minimum Gasteiger partial charge on any atom is -0.369 e. The summed E-state index contributed by atoms with van der Waals surface area (Å²) in [6.07, 6.45) is 1.16. The SMILES string of the molecule is CCC(C)N1CCN(C(=O)C(C)(C)OC)CC1. The third-order valence-corrected chi connectivity index (χ3v) is 3.84. The van der Waals surface area contributed by atoms with Crippen LogP contribution in [0.3, 0.4) is 0 Å². The number of amides is 1. The zero-order valence-corrected chi connectivity index (χ0v) is 11.8. The van der Waals surface area contributed by atoms with Crippen molar-refractivity contribution in [3.63, 3.8) is 0 Å². The van der Waals surface area contributed by atoms with E-state index in [9.17, 15) is 4.79 Å². The van der Waals surface area contributed by atoms with Crippen molar-refractivity contribution >= 4 is 5.91 Å². The van der Waals surface area contributed by atoms with Gasteiger partial charge in [-0.25, -0.2) is 0 Å². The maximum Gasteiger partial charge on any atom is 0.254 e. The fourth-order valence-corrected chi connectivity index (χ4v) is 2.09. The molecule has 1 fully saturated rings. The Balaban J connectivity index is 2.50. The number of methoxy groups -OCH3 is 1. The highest BCUT2D eigenvalue weighted by atomic mass is 16.5. The predicted molar refractivity (Wildman–Crippen MR) is 69.0 cm³/mol. The molecule has 0 aromatic rings. The van der Waals surface area contributed by atoms with Crippen LogP contribution in [0.1, 0.15) is 34.1 Å². The number of rotatable bonds is 4. The Morgan fingerprint density at radius 3 is 2.24 bits per heavy atom. The Morgan fingerprint density at radius 1 is 1.29 bits per heavy atom. The molecule has 1 atom stereocenters. The molecule has 4 heteroatoms. The number of piperazine rings is 1. The summed E-state index contributed by atoms with van der Waals surface area (Å²) >= 11 is 0. The lowest BCUT2D eigenvalue weighted by Crippen LogP contribution is -2.55. The quantitative estimate of drug-likeness (QED) is 0.746. The van der Waals surface area contributed by atoms with E-state index in [0.29, 0.717) is 6.04 Å². The molecule has 4 nitrogen and oxygen atoms in total. The Bertz CT molecular complexity index is 258. The fourth-order valence-electron chi connectivity index (χ4n) is 2.09. The van der Waals surface area contributed by atoms with Crippen molar-refractivity contribution in [2.75, 3.05) is 33.3 Å². The Hall–Kier alpha value is -0.610. The monoisotopic (exact) mass is 242 g/mol. The van der Waals surface area contributed by atoms with E-state index in [1.807, 2.05) is 18.7 Å². The van der Waals surface area contributed by atoms with Crippen molar-refractivity contribution in [1.82, 2.24) is 9.80 Å². The van der Waals surface area contributed by atoms with Gasteiger partial charge < -0.3 is 9.64 Å². The lowest BCUT2D eigenvalue weighted by atomic mass is 10.1. The van der Waals surface area contributed by atoms with Crippen LogP contribution in [0.5, 0.6) is 0 Å². The first kappa shape index (κ1) is 14.5. The van der Waals surface area contributed by atoms with Crippen molar-refractivity contribution in [2.45, 2.75) is 45.8 Å². The molecule has 0 saturated carbocycles. The van der Waals surface area contributed by atoms with Crippen molar-refractivity contribution in [1.29, 1.82) is 0 Å². The van der Waals surface area contributed by atoms with E-state index in [-0.39, 0.29) is 5.91 Å². The van der Waals surface area contributed by atoms with Crippen LogP contribution in [0.4, 0.5) is 0 Å². The highest BCUT2D eigenvalue weighted by Gasteiger charge is 2.33. The third kappa shape index (κ3) is 3.42. The first-order valence-corrected chi connectivity index (χ1v) is 6.51. The molecule has 100 valence electrons. The second kappa shape index (κ2) is 5.83. The van der Waals surface area contributed by atoms with E-state index in [1.165, 1.54) is 0 Å². The minimum atomic E-state index is -0.696. The first-order chi connectivity index (χ1) is 7.92. The standard InChI is InChI=1S/C13H26N2O2/c1-6-11(2)14-7-9-15(10-8-14)12(16)13(3,4)17-5/h11H,6-10H2,1-5H3. The van der Waals surface area contributed by atoms with Gasteiger partial charge in [-0.3, -0.25) is 9.69 Å². The summed E-state index contributed by atoms with van der Waals surface area (Å²) in [6, 6.07) is 0.614. The lowest BCUT2D eigenvalue weighted by molar-refractivity contribution is -0.153. The van der Waals surface area contributed by atoms with Crippen molar-refractivity contribution in [2.24, 2.45) is 0 Å². The van der Waals surface area contributed by atoms with Crippen LogP contribution in [-0.4, -0.2) is 60.6 Å². The van der Waals surface area contributed by atoms with Crippen molar-refractivity contribution in [3.8, 4) is 0 Å². The summed E-state index contributed by atoms with van der Waals surface area (Å²) < 4.78 is 5.24. The van der Waals surface area contributed by atoms with E-state index in [2.05, 4.69) is 18.7 Å². The van der Waals surface area contributed by atoms with Crippen LogP contribution in [0, 0.1) is 0 Å². The highest BCUT2D eigenvalue weighted by Crippen LogP contribution is 2.15. The molecule has 1 unspecified atom stereocenters. The van der Waals surface area contributed by atoms with E-state index in [4.69, 9.17) is 4.74 Å². The van der Waals surface area contributed by atoms with Gasteiger partial charge in [-0.2, -0.15) is 0 Å². The number of hydrogen-bond donors (Lipinski definition) is 0. The van der Waals surface area contributed by atoms with Crippen LogP contribution < -0.4 is 0 Å².